The van der Waals surface area contributed by atoms with Gasteiger partial charge in [0, 0.05) is 12.7 Å². The van der Waals surface area contributed by atoms with Gasteiger partial charge in [-0.3, -0.25) is 4.90 Å². The molecule has 18 heavy (non-hydrogen) atoms. The van der Waals surface area contributed by atoms with Crippen molar-refractivity contribution in [2.75, 3.05) is 6.54 Å². The SMILES string of the molecule is Bc1cnc([C@@H]2CCCN2C(=O)OC(C)(C)C)[nH]1. The fourth-order valence-electron chi connectivity index (χ4n) is 2.19. The van der Waals surface area contributed by atoms with Crippen LogP contribution in [-0.4, -0.2) is 41.0 Å². The first-order chi connectivity index (χ1) is 8.37. The van der Waals surface area contributed by atoms with Gasteiger partial charge in [-0.1, -0.05) is 0 Å². The van der Waals surface area contributed by atoms with E-state index in [-0.39, 0.29) is 12.1 Å². The molecule has 1 fully saturated rings. The lowest BCUT2D eigenvalue weighted by Gasteiger charge is -2.27. The summed E-state index contributed by atoms with van der Waals surface area (Å²) in [5, 5.41) is 0. The van der Waals surface area contributed by atoms with Gasteiger partial charge in [-0.25, -0.2) is 9.78 Å². The lowest BCUT2D eigenvalue weighted by atomic mass is 10.1. The molecule has 0 aromatic carbocycles. The highest BCUT2D eigenvalue weighted by atomic mass is 16.6. The summed E-state index contributed by atoms with van der Waals surface area (Å²) in [6.45, 7) is 6.38. The summed E-state index contributed by atoms with van der Waals surface area (Å²) in [5.74, 6) is 0.857. The molecule has 5 nitrogen and oxygen atoms in total. The van der Waals surface area contributed by atoms with Crippen molar-refractivity contribution in [2.45, 2.75) is 45.3 Å². The van der Waals surface area contributed by atoms with Crippen molar-refractivity contribution >= 4 is 19.5 Å². The van der Waals surface area contributed by atoms with E-state index < -0.39 is 5.60 Å². The maximum absolute atomic E-state index is 12.1. The maximum Gasteiger partial charge on any atom is 0.410 e. The molecule has 1 N–H and O–H groups in total. The molecule has 98 valence electrons. The van der Waals surface area contributed by atoms with Gasteiger partial charge in [0.2, 0.25) is 0 Å². The highest BCUT2D eigenvalue weighted by molar-refractivity contribution is 6.30. The molecule has 0 radical (unpaired) electrons. The zero-order chi connectivity index (χ0) is 13.3. The monoisotopic (exact) mass is 249 g/mol. The lowest BCUT2D eigenvalue weighted by molar-refractivity contribution is 0.0219. The molecule has 1 amide bonds. The predicted octanol–water partition coefficient (Wildman–Crippen LogP) is 0.740. The van der Waals surface area contributed by atoms with E-state index in [1.54, 1.807) is 11.1 Å². The number of carbonyl (C=O) groups excluding carboxylic acids is 1. The van der Waals surface area contributed by atoms with Gasteiger partial charge in [0.25, 0.3) is 0 Å². The molecule has 0 spiro atoms. The van der Waals surface area contributed by atoms with Crippen molar-refractivity contribution < 1.29 is 9.53 Å². The average Bonchev–Trinajstić information content (AvgIpc) is 2.81. The minimum atomic E-state index is -0.455. The van der Waals surface area contributed by atoms with Crippen molar-refractivity contribution in [3.8, 4) is 0 Å². The second kappa shape index (κ2) is 4.67. The Labute approximate surface area is 108 Å². The number of rotatable bonds is 1. The van der Waals surface area contributed by atoms with Crippen LogP contribution in [-0.2, 0) is 4.74 Å². The summed E-state index contributed by atoms with van der Waals surface area (Å²) in [6, 6.07) is 0.0218. The Morgan fingerprint density at radius 2 is 2.33 bits per heavy atom. The number of ether oxygens (including phenoxy) is 1. The van der Waals surface area contributed by atoms with Crippen LogP contribution in [0.4, 0.5) is 4.79 Å². The summed E-state index contributed by atoms with van der Waals surface area (Å²) in [6.07, 6.45) is 3.47. The molecular weight excluding hydrogens is 229 g/mol. The Kier molecular flexibility index (Phi) is 3.37. The van der Waals surface area contributed by atoms with Gasteiger partial charge in [-0.2, -0.15) is 0 Å². The quantitative estimate of drug-likeness (QED) is 0.747. The van der Waals surface area contributed by atoms with Crippen LogP contribution in [0.1, 0.15) is 45.5 Å². The van der Waals surface area contributed by atoms with Crippen LogP contribution < -0.4 is 5.59 Å². The Morgan fingerprint density at radius 3 is 2.89 bits per heavy atom. The van der Waals surface area contributed by atoms with Gasteiger partial charge in [0.05, 0.1) is 6.04 Å². The van der Waals surface area contributed by atoms with Crippen LogP contribution >= 0.6 is 0 Å². The van der Waals surface area contributed by atoms with E-state index >= 15 is 0 Å². The van der Waals surface area contributed by atoms with Crippen LogP contribution in [0.3, 0.4) is 0 Å². The second-order valence-corrected chi connectivity index (χ2v) is 5.78. The predicted molar refractivity (Wildman–Crippen MR) is 71.7 cm³/mol. The topological polar surface area (TPSA) is 58.2 Å². The average molecular weight is 249 g/mol. The number of nitrogens with one attached hydrogen (secondary N) is 1. The Morgan fingerprint density at radius 1 is 1.61 bits per heavy atom. The highest BCUT2D eigenvalue weighted by Crippen LogP contribution is 2.30. The molecule has 0 unspecified atom stereocenters. The Balaban J connectivity index is 2.10. The van der Waals surface area contributed by atoms with Gasteiger partial charge in [-0.15, -0.1) is 0 Å². The van der Waals surface area contributed by atoms with E-state index in [9.17, 15) is 4.79 Å². The molecule has 2 heterocycles. The first kappa shape index (κ1) is 13.0. The van der Waals surface area contributed by atoms with E-state index in [2.05, 4.69) is 9.97 Å². The van der Waals surface area contributed by atoms with Crippen molar-refractivity contribution in [3.05, 3.63) is 12.0 Å². The maximum atomic E-state index is 12.1. The number of aromatic nitrogens is 2. The third-order valence-corrected chi connectivity index (χ3v) is 2.92. The van der Waals surface area contributed by atoms with Crippen molar-refractivity contribution in [3.63, 3.8) is 0 Å². The summed E-state index contributed by atoms with van der Waals surface area (Å²) in [4.78, 5) is 21.4. The number of nitrogens with zero attached hydrogens (tertiary/aromatic N) is 2. The third kappa shape index (κ3) is 2.86. The number of hydrogen-bond donors (Lipinski definition) is 1. The van der Waals surface area contributed by atoms with Crippen LogP contribution in [0.15, 0.2) is 6.20 Å². The van der Waals surface area contributed by atoms with Gasteiger partial charge < -0.3 is 9.72 Å². The zero-order valence-electron chi connectivity index (χ0n) is 11.5. The number of imidazole rings is 1. The van der Waals surface area contributed by atoms with Crippen LogP contribution in [0.2, 0.25) is 0 Å². The molecule has 1 aromatic rings. The second-order valence-electron chi connectivity index (χ2n) is 5.78. The van der Waals surface area contributed by atoms with Crippen molar-refractivity contribution in [1.82, 2.24) is 14.9 Å². The number of carbonyl (C=O) groups is 1. The van der Waals surface area contributed by atoms with Crippen molar-refractivity contribution in [1.29, 1.82) is 0 Å². The summed E-state index contributed by atoms with van der Waals surface area (Å²) in [7, 11) is 1.96. The molecule has 2 rings (SSSR count). The summed E-state index contributed by atoms with van der Waals surface area (Å²) < 4.78 is 5.43. The van der Waals surface area contributed by atoms with Crippen LogP contribution in [0.25, 0.3) is 0 Å². The third-order valence-electron chi connectivity index (χ3n) is 2.92. The fourth-order valence-corrected chi connectivity index (χ4v) is 2.19. The number of amides is 1. The molecular formula is C12H20BN3O2. The standard InChI is InChI=1S/C12H20BN3O2/c1-12(2,3)18-11(17)16-6-4-5-8(16)10-14-7-9(13)15-10/h7-8H,4-6,13H2,1-3H3,(H,14,15)/t8-/m0/s1. The first-order valence-corrected chi connectivity index (χ1v) is 6.38. The summed E-state index contributed by atoms with van der Waals surface area (Å²) >= 11 is 0. The van der Waals surface area contributed by atoms with Crippen LogP contribution in [0.5, 0.6) is 0 Å². The summed E-state index contributed by atoms with van der Waals surface area (Å²) in [5.41, 5.74) is 0.560. The number of aromatic amines is 1. The van der Waals surface area contributed by atoms with Gasteiger partial charge in [0.15, 0.2) is 7.85 Å². The molecule has 0 aliphatic carbocycles. The van der Waals surface area contributed by atoms with Crippen LogP contribution in [0, 0.1) is 0 Å². The first-order valence-electron chi connectivity index (χ1n) is 6.38. The molecule has 1 aliphatic rings. The van der Waals surface area contributed by atoms with E-state index in [1.165, 1.54) is 0 Å². The van der Waals surface area contributed by atoms with E-state index in [0.29, 0.717) is 0 Å². The van der Waals surface area contributed by atoms with E-state index in [1.807, 2.05) is 28.6 Å². The van der Waals surface area contributed by atoms with Gasteiger partial charge in [-0.05, 0) is 39.2 Å². The smallest absolute Gasteiger partial charge is 0.410 e. The molecule has 1 aromatic heterocycles. The van der Waals surface area contributed by atoms with Gasteiger partial charge >= 0.3 is 6.09 Å². The number of H-pyrrole nitrogens is 1. The number of likely N-dealkylation sites (tertiary alicyclic amines) is 1. The van der Waals surface area contributed by atoms with Crippen molar-refractivity contribution in [2.24, 2.45) is 0 Å². The minimum absolute atomic E-state index is 0.0218. The normalized spacial score (nSPS) is 20.2. The number of hydrogen-bond acceptors (Lipinski definition) is 3. The molecule has 1 atom stereocenters. The van der Waals surface area contributed by atoms with Gasteiger partial charge in [0.1, 0.15) is 11.4 Å². The molecule has 1 aliphatic heterocycles. The van der Waals surface area contributed by atoms with E-state index in [4.69, 9.17) is 4.74 Å². The molecule has 0 saturated carbocycles. The minimum Gasteiger partial charge on any atom is -0.444 e. The zero-order valence-corrected chi connectivity index (χ0v) is 11.5. The molecule has 6 heteroatoms. The molecule has 1 saturated heterocycles. The Bertz CT molecular complexity index is 439. The largest absolute Gasteiger partial charge is 0.444 e. The fraction of sp³-hybridized carbons (Fsp3) is 0.667. The Hall–Kier alpha value is -1.46. The highest BCUT2D eigenvalue weighted by Gasteiger charge is 2.34. The van der Waals surface area contributed by atoms with E-state index in [0.717, 1.165) is 30.8 Å². The molecule has 0 bridgehead atoms. The lowest BCUT2D eigenvalue weighted by Crippen LogP contribution is -2.36.